The summed E-state index contributed by atoms with van der Waals surface area (Å²) in [7, 11) is 0. The van der Waals surface area contributed by atoms with Gasteiger partial charge in [0.25, 0.3) is 0 Å². The fraction of sp³-hybridized carbons (Fsp3) is 0.158. The molecule has 0 spiro atoms. The second-order valence-electron chi connectivity index (χ2n) is 5.33. The van der Waals surface area contributed by atoms with E-state index in [1.54, 1.807) is 25.3 Å². The predicted molar refractivity (Wildman–Crippen MR) is 94.7 cm³/mol. The van der Waals surface area contributed by atoms with Crippen LogP contribution in [0.5, 0.6) is 0 Å². The third-order valence-electron chi connectivity index (χ3n) is 3.78. The van der Waals surface area contributed by atoms with Gasteiger partial charge in [-0.25, -0.2) is 4.79 Å². The molecule has 0 unspecified atom stereocenters. The number of nitrogens with zero attached hydrogens (tertiary/aromatic N) is 1. The first-order valence-corrected chi connectivity index (χ1v) is 8.02. The summed E-state index contributed by atoms with van der Waals surface area (Å²) in [4.78, 5) is 24.7. The van der Waals surface area contributed by atoms with E-state index in [4.69, 9.17) is 16.3 Å². The highest BCUT2D eigenvalue weighted by Gasteiger charge is 2.16. The van der Waals surface area contributed by atoms with Gasteiger partial charge < -0.3 is 9.30 Å². The van der Waals surface area contributed by atoms with E-state index in [1.807, 2.05) is 41.0 Å². The molecule has 0 aliphatic rings. The molecule has 0 amide bonds. The molecule has 2 aromatic carbocycles. The van der Waals surface area contributed by atoms with Crippen LogP contribution in [0.2, 0.25) is 5.02 Å². The van der Waals surface area contributed by atoms with Gasteiger partial charge in [-0.3, -0.25) is 4.79 Å². The number of pyridine rings is 1. The van der Waals surface area contributed by atoms with Crippen LogP contribution >= 0.6 is 11.6 Å². The summed E-state index contributed by atoms with van der Waals surface area (Å²) in [5.41, 5.74) is 1.36. The minimum absolute atomic E-state index is 0.0302. The average molecular weight is 342 g/mol. The molecule has 1 heterocycles. The van der Waals surface area contributed by atoms with E-state index in [9.17, 15) is 9.59 Å². The minimum Gasteiger partial charge on any atom is -0.462 e. The summed E-state index contributed by atoms with van der Waals surface area (Å²) in [5, 5.41) is 1.12. The first-order valence-electron chi connectivity index (χ1n) is 7.64. The summed E-state index contributed by atoms with van der Waals surface area (Å²) < 4.78 is 6.86. The minimum atomic E-state index is -0.610. The van der Waals surface area contributed by atoms with E-state index in [1.165, 1.54) is 0 Å². The quantitative estimate of drug-likeness (QED) is 0.677. The first-order chi connectivity index (χ1) is 11.6. The van der Waals surface area contributed by atoms with Gasteiger partial charge in [-0.2, -0.15) is 0 Å². The summed E-state index contributed by atoms with van der Waals surface area (Å²) >= 11 is 6.24. The van der Waals surface area contributed by atoms with E-state index >= 15 is 0 Å². The summed E-state index contributed by atoms with van der Waals surface area (Å²) in [6.45, 7) is 2.38. The van der Waals surface area contributed by atoms with Crippen molar-refractivity contribution in [1.29, 1.82) is 0 Å². The molecule has 0 atom stereocenters. The maximum absolute atomic E-state index is 12.6. The lowest BCUT2D eigenvalue weighted by atomic mass is 10.1. The van der Waals surface area contributed by atoms with Crippen LogP contribution in [0, 0.1) is 0 Å². The topological polar surface area (TPSA) is 48.3 Å². The van der Waals surface area contributed by atoms with Crippen LogP contribution in [0.15, 0.2) is 59.5 Å². The number of hydrogen-bond acceptors (Lipinski definition) is 3. The number of carbonyl (C=O) groups excluding carboxylic acids is 1. The zero-order valence-electron chi connectivity index (χ0n) is 13.2. The van der Waals surface area contributed by atoms with Crippen LogP contribution < -0.4 is 5.43 Å². The van der Waals surface area contributed by atoms with Crippen LogP contribution in [0.25, 0.3) is 10.9 Å². The third-order valence-corrected chi connectivity index (χ3v) is 4.15. The number of carbonyl (C=O) groups is 1. The fourth-order valence-electron chi connectivity index (χ4n) is 2.64. The molecular weight excluding hydrogens is 326 g/mol. The molecule has 1 aromatic heterocycles. The Bertz CT molecular complexity index is 962. The Labute approximate surface area is 144 Å². The van der Waals surface area contributed by atoms with Crippen molar-refractivity contribution in [3.8, 4) is 0 Å². The Morgan fingerprint density at radius 3 is 2.58 bits per heavy atom. The van der Waals surface area contributed by atoms with Crippen LogP contribution in [-0.2, 0) is 11.3 Å². The molecule has 3 rings (SSSR count). The Kier molecular flexibility index (Phi) is 4.67. The highest BCUT2D eigenvalue weighted by atomic mass is 35.5. The molecule has 24 heavy (non-hydrogen) atoms. The lowest BCUT2D eigenvalue weighted by molar-refractivity contribution is 0.0524. The third kappa shape index (κ3) is 3.05. The van der Waals surface area contributed by atoms with Gasteiger partial charge in [0.2, 0.25) is 5.43 Å². The number of hydrogen-bond donors (Lipinski definition) is 0. The summed E-state index contributed by atoms with van der Waals surface area (Å²) in [5.74, 6) is -0.610. The zero-order chi connectivity index (χ0) is 17.1. The zero-order valence-corrected chi connectivity index (χ0v) is 13.9. The number of ether oxygens (including phenoxy) is 1. The number of fused-ring (bicyclic) bond motifs is 1. The van der Waals surface area contributed by atoms with E-state index in [0.717, 1.165) is 11.1 Å². The number of para-hydroxylation sites is 1. The molecule has 0 saturated heterocycles. The molecule has 0 aliphatic carbocycles. The Morgan fingerprint density at radius 1 is 1.12 bits per heavy atom. The summed E-state index contributed by atoms with van der Waals surface area (Å²) in [6, 6.07) is 14.7. The van der Waals surface area contributed by atoms with Crippen molar-refractivity contribution in [2.45, 2.75) is 13.5 Å². The van der Waals surface area contributed by atoms with Gasteiger partial charge in [0.1, 0.15) is 5.56 Å². The van der Waals surface area contributed by atoms with E-state index in [0.29, 0.717) is 17.0 Å². The maximum Gasteiger partial charge on any atom is 0.343 e. The van der Waals surface area contributed by atoms with Gasteiger partial charge in [-0.1, -0.05) is 41.9 Å². The van der Waals surface area contributed by atoms with Gasteiger partial charge in [-0.05, 0) is 30.7 Å². The van der Waals surface area contributed by atoms with Crippen LogP contribution in [0.1, 0.15) is 22.8 Å². The predicted octanol–water partition coefficient (Wildman–Crippen LogP) is 3.88. The summed E-state index contributed by atoms with van der Waals surface area (Å²) in [6.07, 6.45) is 1.55. The number of benzene rings is 2. The molecule has 0 aliphatic heterocycles. The lowest BCUT2D eigenvalue weighted by Crippen LogP contribution is -2.21. The second-order valence-corrected chi connectivity index (χ2v) is 5.74. The Balaban J connectivity index is 2.19. The monoisotopic (exact) mass is 341 g/mol. The van der Waals surface area contributed by atoms with Gasteiger partial charge in [-0.15, -0.1) is 0 Å². The molecule has 4 nitrogen and oxygen atoms in total. The molecule has 0 bridgehead atoms. The molecule has 5 heteroatoms. The lowest BCUT2D eigenvalue weighted by Gasteiger charge is -2.14. The smallest absolute Gasteiger partial charge is 0.343 e. The number of aromatic nitrogens is 1. The van der Waals surface area contributed by atoms with E-state index < -0.39 is 5.97 Å². The molecule has 0 fully saturated rings. The molecule has 0 saturated carbocycles. The van der Waals surface area contributed by atoms with Gasteiger partial charge in [0.15, 0.2) is 0 Å². The van der Waals surface area contributed by atoms with Crippen molar-refractivity contribution in [3.05, 3.63) is 81.1 Å². The van der Waals surface area contributed by atoms with Crippen molar-refractivity contribution in [2.24, 2.45) is 0 Å². The normalized spacial score (nSPS) is 10.8. The van der Waals surface area contributed by atoms with Crippen LogP contribution in [0.3, 0.4) is 0 Å². The number of halogens is 1. The molecule has 0 N–H and O–H groups in total. The molecular formula is C19H16ClNO3. The van der Waals surface area contributed by atoms with Crippen molar-refractivity contribution in [3.63, 3.8) is 0 Å². The SMILES string of the molecule is CCOC(=O)c1cn(Cc2ccccc2Cl)c2ccccc2c1=O. The fourth-order valence-corrected chi connectivity index (χ4v) is 2.84. The maximum atomic E-state index is 12.6. The largest absolute Gasteiger partial charge is 0.462 e. The highest BCUT2D eigenvalue weighted by molar-refractivity contribution is 6.31. The Morgan fingerprint density at radius 2 is 1.83 bits per heavy atom. The van der Waals surface area contributed by atoms with E-state index in [2.05, 4.69) is 0 Å². The standard InChI is InChI=1S/C19H16ClNO3/c1-2-24-19(23)15-12-21(11-13-7-3-5-9-16(13)20)17-10-6-4-8-14(17)18(15)22/h3-10,12H,2,11H2,1H3. The highest BCUT2D eigenvalue weighted by Crippen LogP contribution is 2.19. The van der Waals surface area contributed by atoms with E-state index in [-0.39, 0.29) is 17.6 Å². The molecule has 0 radical (unpaired) electrons. The van der Waals surface area contributed by atoms with Gasteiger partial charge in [0.05, 0.1) is 12.1 Å². The van der Waals surface area contributed by atoms with Crippen LogP contribution in [0.4, 0.5) is 0 Å². The number of esters is 1. The molecule has 122 valence electrons. The van der Waals surface area contributed by atoms with Crippen molar-refractivity contribution >= 4 is 28.5 Å². The van der Waals surface area contributed by atoms with Crippen molar-refractivity contribution in [1.82, 2.24) is 4.57 Å². The van der Waals surface area contributed by atoms with Gasteiger partial charge >= 0.3 is 5.97 Å². The van der Waals surface area contributed by atoms with Crippen LogP contribution in [-0.4, -0.2) is 17.1 Å². The Hall–Kier alpha value is -2.59. The first kappa shape index (κ1) is 16.3. The average Bonchev–Trinajstić information content (AvgIpc) is 2.59. The number of rotatable bonds is 4. The van der Waals surface area contributed by atoms with Gasteiger partial charge in [0, 0.05) is 23.2 Å². The van der Waals surface area contributed by atoms with Crippen molar-refractivity contribution in [2.75, 3.05) is 6.61 Å². The second kappa shape index (κ2) is 6.89. The molecule has 3 aromatic rings. The van der Waals surface area contributed by atoms with Crippen molar-refractivity contribution < 1.29 is 9.53 Å².